The number of amides is 1. The average molecular weight is 296 g/mol. The molecule has 0 radical (unpaired) electrons. The zero-order chi connectivity index (χ0) is 15.0. The van der Waals surface area contributed by atoms with Gasteiger partial charge in [-0.05, 0) is 51.4 Å². The minimum Gasteiger partial charge on any atom is -0.444 e. The summed E-state index contributed by atoms with van der Waals surface area (Å²) < 4.78 is 10.9. The van der Waals surface area contributed by atoms with E-state index >= 15 is 0 Å². The van der Waals surface area contributed by atoms with E-state index in [0.29, 0.717) is 23.8 Å². The van der Waals surface area contributed by atoms with Gasteiger partial charge in [-0.3, -0.25) is 0 Å². The normalized spacial score (nSPS) is 35.5. The quantitative estimate of drug-likeness (QED) is 0.864. The van der Waals surface area contributed by atoms with Crippen molar-refractivity contribution in [2.24, 2.45) is 17.8 Å². The predicted molar refractivity (Wildman–Crippen MR) is 80.1 cm³/mol. The fourth-order valence-corrected chi connectivity index (χ4v) is 3.58. The molecule has 3 rings (SSSR count). The molecule has 3 unspecified atom stereocenters. The number of likely N-dealkylation sites (tertiary alicyclic amines) is 1. The van der Waals surface area contributed by atoms with Crippen LogP contribution in [-0.2, 0) is 9.47 Å². The Morgan fingerprint density at radius 3 is 2.62 bits per heavy atom. The molecule has 5 heteroatoms. The molecule has 0 aromatic heterocycles. The van der Waals surface area contributed by atoms with Gasteiger partial charge < -0.3 is 19.7 Å². The molecular formula is C16H28N2O3. The first kappa shape index (κ1) is 15.1. The van der Waals surface area contributed by atoms with Crippen molar-refractivity contribution in [1.29, 1.82) is 0 Å². The lowest BCUT2D eigenvalue weighted by atomic mass is 10.0. The Hall–Kier alpha value is -0.810. The number of carbonyl (C=O) groups excluding carboxylic acids is 1. The van der Waals surface area contributed by atoms with Gasteiger partial charge in [0.25, 0.3) is 0 Å². The van der Waals surface area contributed by atoms with E-state index in [1.54, 1.807) is 0 Å². The van der Waals surface area contributed by atoms with Gasteiger partial charge >= 0.3 is 6.09 Å². The summed E-state index contributed by atoms with van der Waals surface area (Å²) >= 11 is 0. The Bertz CT molecular complexity index is 375. The maximum atomic E-state index is 12.0. The highest BCUT2D eigenvalue weighted by Crippen LogP contribution is 2.45. The summed E-state index contributed by atoms with van der Waals surface area (Å²) in [6.45, 7) is 10.3. The number of hydrogen-bond acceptors (Lipinski definition) is 4. The summed E-state index contributed by atoms with van der Waals surface area (Å²) in [6, 6.07) is 0.602. The molecule has 5 nitrogen and oxygen atoms in total. The number of fused-ring (bicyclic) bond motifs is 1. The molecule has 1 N–H and O–H groups in total. The van der Waals surface area contributed by atoms with Gasteiger partial charge in [-0.1, -0.05) is 0 Å². The van der Waals surface area contributed by atoms with Crippen molar-refractivity contribution in [3.05, 3.63) is 0 Å². The van der Waals surface area contributed by atoms with Crippen LogP contribution in [0.4, 0.5) is 4.79 Å². The van der Waals surface area contributed by atoms with Crippen LogP contribution in [0.15, 0.2) is 0 Å². The molecule has 3 atom stereocenters. The third-order valence-electron chi connectivity index (χ3n) is 4.74. The van der Waals surface area contributed by atoms with Crippen LogP contribution in [0.2, 0.25) is 0 Å². The van der Waals surface area contributed by atoms with Crippen LogP contribution in [0, 0.1) is 17.8 Å². The number of rotatable bonds is 3. The number of ether oxygens (including phenoxy) is 2. The standard InChI is InChI=1S/C16H28N2O3/c1-16(2,3)21-15(19)18-8-12-13(9-18)14(12)17-7-11-5-4-6-20-10-11/h11-14,17H,4-10H2,1-3H3. The number of hydrogen-bond donors (Lipinski definition) is 1. The van der Waals surface area contributed by atoms with E-state index in [2.05, 4.69) is 5.32 Å². The molecule has 21 heavy (non-hydrogen) atoms. The molecule has 2 heterocycles. The van der Waals surface area contributed by atoms with Crippen molar-refractivity contribution in [3.63, 3.8) is 0 Å². The second kappa shape index (κ2) is 5.76. The van der Waals surface area contributed by atoms with E-state index in [9.17, 15) is 4.79 Å². The highest BCUT2D eigenvalue weighted by molar-refractivity contribution is 5.69. The van der Waals surface area contributed by atoms with Gasteiger partial charge in [-0.25, -0.2) is 4.79 Å². The number of nitrogens with zero attached hydrogens (tertiary/aromatic N) is 1. The van der Waals surface area contributed by atoms with Gasteiger partial charge in [0.15, 0.2) is 0 Å². The van der Waals surface area contributed by atoms with E-state index in [1.165, 1.54) is 12.8 Å². The summed E-state index contributed by atoms with van der Waals surface area (Å²) in [5.41, 5.74) is -0.400. The number of nitrogens with one attached hydrogen (secondary N) is 1. The third-order valence-corrected chi connectivity index (χ3v) is 4.74. The van der Waals surface area contributed by atoms with Gasteiger partial charge in [-0.15, -0.1) is 0 Å². The van der Waals surface area contributed by atoms with Gasteiger partial charge in [0.1, 0.15) is 5.60 Å². The van der Waals surface area contributed by atoms with Crippen LogP contribution >= 0.6 is 0 Å². The van der Waals surface area contributed by atoms with Crippen molar-refractivity contribution in [2.75, 3.05) is 32.8 Å². The minimum absolute atomic E-state index is 0.158. The lowest BCUT2D eigenvalue weighted by Crippen LogP contribution is -2.40. The van der Waals surface area contributed by atoms with Crippen LogP contribution in [0.25, 0.3) is 0 Å². The van der Waals surface area contributed by atoms with Crippen LogP contribution in [-0.4, -0.2) is 55.5 Å². The summed E-state index contributed by atoms with van der Waals surface area (Å²) in [5.74, 6) is 1.92. The highest BCUT2D eigenvalue weighted by Gasteiger charge is 2.57. The minimum atomic E-state index is -0.400. The average Bonchev–Trinajstić information content (AvgIpc) is 2.87. The Kier molecular flexibility index (Phi) is 4.14. The van der Waals surface area contributed by atoms with E-state index in [1.807, 2.05) is 25.7 Å². The second-order valence-electron chi connectivity index (χ2n) is 7.73. The molecular weight excluding hydrogens is 268 g/mol. The fourth-order valence-electron chi connectivity index (χ4n) is 3.58. The third kappa shape index (κ3) is 3.69. The molecule has 0 aromatic carbocycles. The largest absolute Gasteiger partial charge is 0.444 e. The fraction of sp³-hybridized carbons (Fsp3) is 0.938. The second-order valence-corrected chi connectivity index (χ2v) is 7.73. The molecule has 120 valence electrons. The molecule has 1 aliphatic carbocycles. The van der Waals surface area contributed by atoms with Crippen molar-refractivity contribution in [1.82, 2.24) is 10.2 Å². The molecule has 3 fully saturated rings. The number of piperidine rings is 1. The lowest BCUT2D eigenvalue weighted by Gasteiger charge is -2.26. The van der Waals surface area contributed by atoms with Crippen LogP contribution in [0.3, 0.4) is 0 Å². The molecule has 0 aromatic rings. The van der Waals surface area contributed by atoms with Crippen molar-refractivity contribution < 1.29 is 14.3 Å². The van der Waals surface area contributed by atoms with Crippen molar-refractivity contribution >= 4 is 6.09 Å². The highest BCUT2D eigenvalue weighted by atomic mass is 16.6. The zero-order valence-corrected chi connectivity index (χ0v) is 13.4. The van der Waals surface area contributed by atoms with Crippen LogP contribution in [0.1, 0.15) is 33.6 Å². The smallest absolute Gasteiger partial charge is 0.410 e. The van der Waals surface area contributed by atoms with Crippen LogP contribution < -0.4 is 5.32 Å². The first-order valence-electron chi connectivity index (χ1n) is 8.23. The Labute approximate surface area is 127 Å². The molecule has 0 spiro atoms. The zero-order valence-electron chi connectivity index (χ0n) is 13.4. The summed E-state index contributed by atoms with van der Waals surface area (Å²) in [6.07, 6.45) is 2.31. The van der Waals surface area contributed by atoms with Gasteiger partial charge in [0, 0.05) is 32.3 Å². The van der Waals surface area contributed by atoms with E-state index < -0.39 is 5.60 Å². The maximum Gasteiger partial charge on any atom is 0.410 e. The first-order valence-corrected chi connectivity index (χ1v) is 8.23. The van der Waals surface area contributed by atoms with E-state index in [0.717, 1.165) is 32.8 Å². The maximum absolute atomic E-state index is 12.0. The predicted octanol–water partition coefficient (Wildman–Crippen LogP) is 1.87. The molecule has 2 aliphatic heterocycles. The first-order chi connectivity index (χ1) is 9.94. The molecule has 0 bridgehead atoms. The molecule has 2 saturated heterocycles. The molecule has 3 aliphatic rings. The van der Waals surface area contributed by atoms with Gasteiger partial charge in [0.05, 0.1) is 6.61 Å². The molecule has 1 amide bonds. The van der Waals surface area contributed by atoms with E-state index in [4.69, 9.17) is 9.47 Å². The Balaban J connectivity index is 1.37. The Morgan fingerprint density at radius 1 is 1.33 bits per heavy atom. The topological polar surface area (TPSA) is 50.8 Å². The van der Waals surface area contributed by atoms with Crippen molar-refractivity contribution in [3.8, 4) is 0 Å². The van der Waals surface area contributed by atoms with Crippen LogP contribution in [0.5, 0.6) is 0 Å². The summed E-state index contributed by atoms with van der Waals surface area (Å²) in [7, 11) is 0. The summed E-state index contributed by atoms with van der Waals surface area (Å²) in [4.78, 5) is 13.9. The lowest BCUT2D eigenvalue weighted by molar-refractivity contribution is 0.0267. The summed E-state index contributed by atoms with van der Waals surface area (Å²) in [5, 5.41) is 3.68. The van der Waals surface area contributed by atoms with Gasteiger partial charge in [-0.2, -0.15) is 0 Å². The number of carbonyl (C=O) groups is 1. The van der Waals surface area contributed by atoms with Crippen molar-refractivity contribution in [2.45, 2.75) is 45.3 Å². The van der Waals surface area contributed by atoms with Gasteiger partial charge in [0.2, 0.25) is 0 Å². The Morgan fingerprint density at radius 2 is 2.05 bits per heavy atom. The molecule has 1 saturated carbocycles. The monoisotopic (exact) mass is 296 g/mol. The SMILES string of the molecule is CC(C)(C)OC(=O)N1CC2C(C1)C2NCC1CCCOC1. The van der Waals surface area contributed by atoms with E-state index in [-0.39, 0.29) is 6.09 Å².